The van der Waals surface area contributed by atoms with Crippen LogP contribution in [-0.2, 0) is 11.2 Å². The molecule has 106 valence electrons. The first kappa shape index (κ1) is 14.3. The number of hydrogen-bond acceptors (Lipinski definition) is 3. The summed E-state index contributed by atoms with van der Waals surface area (Å²) in [6.07, 6.45) is 7.04. The van der Waals surface area contributed by atoms with Crippen LogP contribution in [0, 0.1) is 6.92 Å². The predicted molar refractivity (Wildman–Crippen MR) is 77.7 cm³/mol. The fraction of sp³-hybridized carbons (Fsp3) is 0.375. The van der Waals surface area contributed by atoms with Gasteiger partial charge in [-0.2, -0.15) is 9.78 Å². The minimum absolute atomic E-state index is 0.402. The van der Waals surface area contributed by atoms with Gasteiger partial charge in [0.2, 0.25) is 0 Å². The van der Waals surface area contributed by atoms with Gasteiger partial charge in [0.05, 0.1) is 12.8 Å². The van der Waals surface area contributed by atoms with E-state index in [4.69, 9.17) is 4.74 Å². The number of ether oxygens (including phenoxy) is 1. The summed E-state index contributed by atoms with van der Waals surface area (Å²) in [7, 11) is 0. The van der Waals surface area contributed by atoms with E-state index in [0.717, 1.165) is 31.2 Å². The summed E-state index contributed by atoms with van der Waals surface area (Å²) in [5, 5.41) is 3.91. The summed E-state index contributed by atoms with van der Waals surface area (Å²) in [5.74, 6) is 0. The van der Waals surface area contributed by atoms with Crippen molar-refractivity contribution in [3.8, 4) is 0 Å². The number of hydrogen-bond donors (Lipinski definition) is 0. The summed E-state index contributed by atoms with van der Waals surface area (Å²) in [5.41, 5.74) is 2.31. The molecule has 0 radical (unpaired) electrons. The monoisotopic (exact) mass is 272 g/mol. The smallest absolute Gasteiger partial charge is 0.434 e. The van der Waals surface area contributed by atoms with E-state index in [9.17, 15) is 4.79 Å². The Morgan fingerprint density at radius 2 is 2.00 bits per heavy atom. The SMILES string of the molecule is Cc1cnn(C(=O)OCCCCCc2ccccc2)c1. The van der Waals surface area contributed by atoms with Crippen LogP contribution >= 0.6 is 0 Å². The summed E-state index contributed by atoms with van der Waals surface area (Å²) < 4.78 is 6.39. The van der Waals surface area contributed by atoms with Crippen LogP contribution in [-0.4, -0.2) is 22.5 Å². The van der Waals surface area contributed by atoms with Gasteiger partial charge < -0.3 is 4.74 Å². The summed E-state index contributed by atoms with van der Waals surface area (Å²) in [6.45, 7) is 2.34. The lowest BCUT2D eigenvalue weighted by Gasteiger charge is -2.04. The fourth-order valence-corrected chi connectivity index (χ4v) is 1.99. The minimum atomic E-state index is -0.402. The Labute approximate surface area is 119 Å². The van der Waals surface area contributed by atoms with Gasteiger partial charge in [0.15, 0.2) is 0 Å². The van der Waals surface area contributed by atoms with E-state index >= 15 is 0 Å². The van der Waals surface area contributed by atoms with E-state index in [0.29, 0.717) is 6.61 Å². The molecule has 0 unspecified atom stereocenters. The standard InChI is InChI=1S/C16H20N2O2/c1-14-12-17-18(13-14)16(19)20-11-7-3-6-10-15-8-4-2-5-9-15/h2,4-5,8-9,12-13H,3,6-7,10-11H2,1H3. The lowest BCUT2D eigenvalue weighted by atomic mass is 10.1. The Balaban J connectivity index is 1.57. The number of carbonyl (C=O) groups is 1. The molecule has 0 saturated heterocycles. The predicted octanol–water partition coefficient (Wildman–Crippen LogP) is 3.59. The Kier molecular flexibility index (Phi) is 5.35. The zero-order valence-corrected chi connectivity index (χ0v) is 11.8. The second-order valence-electron chi connectivity index (χ2n) is 4.87. The van der Waals surface area contributed by atoms with Gasteiger partial charge in [-0.05, 0) is 43.7 Å². The van der Waals surface area contributed by atoms with E-state index in [1.807, 2.05) is 13.0 Å². The highest BCUT2D eigenvalue weighted by Crippen LogP contribution is 2.06. The number of unbranched alkanes of at least 4 members (excludes halogenated alkanes) is 2. The van der Waals surface area contributed by atoms with Crippen molar-refractivity contribution in [2.75, 3.05) is 6.61 Å². The molecule has 1 aromatic heterocycles. The Bertz CT molecular complexity index is 534. The van der Waals surface area contributed by atoms with E-state index < -0.39 is 6.09 Å². The maximum atomic E-state index is 11.6. The second-order valence-corrected chi connectivity index (χ2v) is 4.87. The van der Waals surface area contributed by atoms with E-state index in [2.05, 4.69) is 29.4 Å². The molecule has 0 aliphatic heterocycles. The molecule has 1 aromatic carbocycles. The molecule has 2 rings (SSSR count). The topological polar surface area (TPSA) is 44.1 Å². The quantitative estimate of drug-likeness (QED) is 0.755. The first-order chi connectivity index (χ1) is 9.75. The molecular formula is C16H20N2O2. The van der Waals surface area contributed by atoms with E-state index in [-0.39, 0.29) is 0 Å². The molecule has 1 heterocycles. The first-order valence-electron chi connectivity index (χ1n) is 6.98. The van der Waals surface area contributed by atoms with E-state index in [1.165, 1.54) is 10.2 Å². The van der Waals surface area contributed by atoms with Crippen LogP contribution in [0.1, 0.15) is 30.4 Å². The van der Waals surface area contributed by atoms with Crippen molar-refractivity contribution in [1.29, 1.82) is 0 Å². The molecule has 4 heteroatoms. The molecule has 20 heavy (non-hydrogen) atoms. The van der Waals surface area contributed by atoms with Crippen molar-refractivity contribution >= 4 is 6.09 Å². The highest BCUT2D eigenvalue weighted by atomic mass is 16.6. The van der Waals surface area contributed by atoms with Gasteiger partial charge in [0.1, 0.15) is 0 Å². The fourth-order valence-electron chi connectivity index (χ4n) is 1.99. The molecule has 0 bridgehead atoms. The van der Waals surface area contributed by atoms with Gasteiger partial charge in [-0.25, -0.2) is 4.79 Å². The third-order valence-corrected chi connectivity index (χ3v) is 3.08. The number of aryl methyl sites for hydroxylation is 2. The van der Waals surface area contributed by atoms with Crippen LogP contribution in [0.3, 0.4) is 0 Å². The van der Waals surface area contributed by atoms with Crippen LogP contribution in [0.2, 0.25) is 0 Å². The van der Waals surface area contributed by atoms with Crippen molar-refractivity contribution in [3.63, 3.8) is 0 Å². The zero-order valence-electron chi connectivity index (χ0n) is 11.8. The molecule has 0 fully saturated rings. The van der Waals surface area contributed by atoms with Crippen molar-refractivity contribution in [1.82, 2.24) is 9.78 Å². The molecule has 0 aliphatic rings. The van der Waals surface area contributed by atoms with Gasteiger partial charge in [0.25, 0.3) is 0 Å². The summed E-state index contributed by atoms with van der Waals surface area (Å²) in [6, 6.07) is 10.4. The largest absolute Gasteiger partial charge is 0.448 e. The van der Waals surface area contributed by atoms with Crippen LogP contribution in [0.4, 0.5) is 4.79 Å². The van der Waals surface area contributed by atoms with Crippen LogP contribution in [0.5, 0.6) is 0 Å². The van der Waals surface area contributed by atoms with Crippen molar-refractivity contribution in [3.05, 3.63) is 53.9 Å². The minimum Gasteiger partial charge on any atom is -0.448 e. The molecule has 0 amide bonds. The molecule has 2 aromatic rings. The molecular weight excluding hydrogens is 252 g/mol. The summed E-state index contributed by atoms with van der Waals surface area (Å²) in [4.78, 5) is 11.6. The average molecular weight is 272 g/mol. The van der Waals surface area contributed by atoms with Crippen molar-refractivity contribution in [2.45, 2.75) is 32.6 Å². The van der Waals surface area contributed by atoms with Gasteiger partial charge >= 0.3 is 6.09 Å². The Morgan fingerprint density at radius 1 is 1.20 bits per heavy atom. The average Bonchev–Trinajstić information content (AvgIpc) is 2.90. The number of rotatable bonds is 6. The molecule has 0 saturated carbocycles. The summed E-state index contributed by atoms with van der Waals surface area (Å²) >= 11 is 0. The van der Waals surface area contributed by atoms with E-state index in [1.54, 1.807) is 12.4 Å². The normalized spacial score (nSPS) is 10.4. The highest BCUT2D eigenvalue weighted by molar-refractivity contribution is 5.69. The van der Waals surface area contributed by atoms with Crippen LogP contribution in [0.25, 0.3) is 0 Å². The second kappa shape index (κ2) is 7.48. The Hall–Kier alpha value is -2.10. The Morgan fingerprint density at radius 3 is 2.70 bits per heavy atom. The third-order valence-electron chi connectivity index (χ3n) is 3.08. The van der Waals surface area contributed by atoms with Crippen molar-refractivity contribution < 1.29 is 9.53 Å². The lowest BCUT2D eigenvalue weighted by molar-refractivity contribution is 0.142. The first-order valence-corrected chi connectivity index (χ1v) is 6.98. The maximum Gasteiger partial charge on any atom is 0.434 e. The van der Waals surface area contributed by atoms with Crippen LogP contribution in [0.15, 0.2) is 42.7 Å². The number of benzene rings is 1. The molecule has 0 N–H and O–H groups in total. The highest BCUT2D eigenvalue weighted by Gasteiger charge is 2.06. The molecule has 4 nitrogen and oxygen atoms in total. The van der Waals surface area contributed by atoms with Crippen LogP contribution < -0.4 is 0 Å². The lowest BCUT2D eigenvalue weighted by Crippen LogP contribution is -2.14. The molecule has 0 spiro atoms. The van der Waals surface area contributed by atoms with Gasteiger partial charge in [-0.3, -0.25) is 0 Å². The van der Waals surface area contributed by atoms with Crippen molar-refractivity contribution in [2.24, 2.45) is 0 Å². The third kappa shape index (κ3) is 4.53. The van der Waals surface area contributed by atoms with Gasteiger partial charge in [0, 0.05) is 6.20 Å². The molecule has 0 aliphatic carbocycles. The number of carbonyl (C=O) groups excluding carboxylic acids is 1. The maximum absolute atomic E-state index is 11.6. The van der Waals surface area contributed by atoms with Gasteiger partial charge in [-0.15, -0.1) is 0 Å². The zero-order chi connectivity index (χ0) is 14.2. The van der Waals surface area contributed by atoms with Gasteiger partial charge in [-0.1, -0.05) is 30.3 Å². The number of nitrogens with zero attached hydrogens (tertiary/aromatic N) is 2. The number of aromatic nitrogens is 2. The molecule has 0 atom stereocenters.